The predicted molar refractivity (Wildman–Crippen MR) is 82.1 cm³/mol. The van der Waals surface area contributed by atoms with E-state index in [9.17, 15) is 28.1 Å². The van der Waals surface area contributed by atoms with E-state index in [2.05, 4.69) is 0 Å². The van der Waals surface area contributed by atoms with Crippen molar-refractivity contribution < 1.29 is 22.9 Å². The molecule has 1 amide bonds. The molecule has 2 aromatic rings. The molecule has 9 heteroatoms. The number of rotatable bonds is 4. The summed E-state index contributed by atoms with van der Waals surface area (Å²) in [5.74, 6) is -5.45. The molecule has 0 aliphatic heterocycles. The van der Waals surface area contributed by atoms with Gasteiger partial charge in [-0.05, 0) is 29.8 Å². The first kappa shape index (κ1) is 17.5. The number of halogens is 4. The molecule has 124 valence electrons. The van der Waals surface area contributed by atoms with Crippen LogP contribution in [0.25, 0.3) is 6.08 Å². The molecule has 0 aliphatic rings. The van der Waals surface area contributed by atoms with Gasteiger partial charge in [-0.2, -0.15) is 0 Å². The predicted octanol–water partition coefficient (Wildman–Crippen LogP) is 4.32. The fourth-order valence-electron chi connectivity index (χ4n) is 1.74. The van der Waals surface area contributed by atoms with E-state index in [0.29, 0.717) is 11.6 Å². The first-order chi connectivity index (χ1) is 11.3. The minimum Gasteiger partial charge on any atom is -0.320 e. The van der Waals surface area contributed by atoms with Crippen molar-refractivity contribution in [2.24, 2.45) is 0 Å². The molecule has 5 nitrogen and oxygen atoms in total. The highest BCUT2D eigenvalue weighted by atomic mass is 35.5. The molecule has 0 aromatic heterocycles. The van der Waals surface area contributed by atoms with E-state index in [0.717, 1.165) is 18.2 Å². The van der Waals surface area contributed by atoms with Crippen molar-refractivity contribution in [1.29, 1.82) is 0 Å². The first-order valence-electron chi connectivity index (χ1n) is 6.36. The Morgan fingerprint density at radius 2 is 1.88 bits per heavy atom. The van der Waals surface area contributed by atoms with Crippen LogP contribution in [0.4, 0.5) is 24.5 Å². The molecule has 0 saturated heterocycles. The zero-order chi connectivity index (χ0) is 17.9. The standard InChI is InChI=1S/C15H8ClF3N2O3/c16-9-3-1-8(7-12(9)21(23)24)2-6-13(22)20-11-5-4-10(17)14(18)15(11)19/h1-7H,(H,20,22)/b6-2+. The van der Waals surface area contributed by atoms with Gasteiger partial charge in [0.05, 0.1) is 10.6 Å². The average Bonchev–Trinajstić information content (AvgIpc) is 2.54. The molecule has 0 aliphatic carbocycles. The lowest BCUT2D eigenvalue weighted by Gasteiger charge is -2.05. The van der Waals surface area contributed by atoms with Crippen LogP contribution in [0.1, 0.15) is 5.56 Å². The normalized spacial score (nSPS) is 10.8. The van der Waals surface area contributed by atoms with Crippen LogP contribution in [0.5, 0.6) is 0 Å². The number of nitrogens with one attached hydrogen (secondary N) is 1. The number of anilines is 1. The van der Waals surface area contributed by atoms with E-state index in [-0.39, 0.29) is 10.7 Å². The second-order valence-corrected chi connectivity index (χ2v) is 4.92. The Morgan fingerprint density at radius 1 is 1.17 bits per heavy atom. The maximum Gasteiger partial charge on any atom is 0.288 e. The highest BCUT2D eigenvalue weighted by Crippen LogP contribution is 2.25. The Hall–Kier alpha value is -2.87. The molecule has 0 atom stereocenters. The number of hydrogen-bond donors (Lipinski definition) is 1. The highest BCUT2D eigenvalue weighted by Gasteiger charge is 2.15. The van der Waals surface area contributed by atoms with Gasteiger partial charge in [0.2, 0.25) is 5.91 Å². The second-order valence-electron chi connectivity index (χ2n) is 4.51. The van der Waals surface area contributed by atoms with Crippen molar-refractivity contribution in [3.63, 3.8) is 0 Å². The Balaban J connectivity index is 2.16. The van der Waals surface area contributed by atoms with Gasteiger partial charge in [-0.1, -0.05) is 17.7 Å². The maximum absolute atomic E-state index is 13.4. The van der Waals surface area contributed by atoms with Gasteiger partial charge < -0.3 is 5.32 Å². The van der Waals surface area contributed by atoms with Gasteiger partial charge >= 0.3 is 0 Å². The van der Waals surface area contributed by atoms with Crippen molar-refractivity contribution in [2.45, 2.75) is 0 Å². The molecule has 24 heavy (non-hydrogen) atoms. The summed E-state index contributed by atoms with van der Waals surface area (Å²) in [6, 6.07) is 5.39. The van der Waals surface area contributed by atoms with Crippen molar-refractivity contribution in [3.8, 4) is 0 Å². The molecule has 0 bridgehead atoms. The summed E-state index contributed by atoms with van der Waals surface area (Å²) in [5.41, 5.74) is -0.580. The van der Waals surface area contributed by atoms with E-state index < -0.39 is 34.0 Å². The van der Waals surface area contributed by atoms with Crippen LogP contribution in [0.15, 0.2) is 36.4 Å². The lowest BCUT2D eigenvalue weighted by atomic mass is 10.2. The molecule has 0 saturated carbocycles. The Kier molecular flexibility index (Phi) is 5.20. The number of benzene rings is 2. The number of carbonyl (C=O) groups is 1. The molecular formula is C15H8ClF3N2O3. The fourth-order valence-corrected chi connectivity index (χ4v) is 1.93. The summed E-state index contributed by atoms with van der Waals surface area (Å²) in [7, 11) is 0. The van der Waals surface area contributed by atoms with Crippen LogP contribution in [0, 0.1) is 27.6 Å². The summed E-state index contributed by atoms with van der Waals surface area (Å²) < 4.78 is 39.3. The minimum atomic E-state index is -1.70. The minimum absolute atomic E-state index is 0.0644. The van der Waals surface area contributed by atoms with Gasteiger partial charge in [0.25, 0.3) is 5.69 Å². The average molecular weight is 357 g/mol. The highest BCUT2D eigenvalue weighted by molar-refractivity contribution is 6.32. The van der Waals surface area contributed by atoms with Crippen LogP contribution in [-0.4, -0.2) is 10.8 Å². The third-order valence-electron chi connectivity index (χ3n) is 2.89. The Bertz CT molecular complexity index is 856. The molecule has 0 radical (unpaired) electrons. The molecule has 0 heterocycles. The zero-order valence-corrected chi connectivity index (χ0v) is 12.5. The summed E-state index contributed by atoms with van der Waals surface area (Å²) in [6.45, 7) is 0. The van der Waals surface area contributed by atoms with Gasteiger partial charge in [-0.3, -0.25) is 14.9 Å². The summed E-state index contributed by atoms with van der Waals surface area (Å²) in [6.07, 6.45) is 2.17. The third-order valence-corrected chi connectivity index (χ3v) is 3.21. The van der Waals surface area contributed by atoms with Crippen molar-refractivity contribution >= 4 is 35.0 Å². The van der Waals surface area contributed by atoms with Gasteiger partial charge in [0.1, 0.15) is 5.02 Å². The van der Waals surface area contributed by atoms with Crippen LogP contribution < -0.4 is 5.32 Å². The van der Waals surface area contributed by atoms with Gasteiger partial charge in [-0.15, -0.1) is 0 Å². The third kappa shape index (κ3) is 3.90. The lowest BCUT2D eigenvalue weighted by molar-refractivity contribution is -0.384. The quantitative estimate of drug-likeness (QED) is 0.384. The number of amides is 1. The zero-order valence-electron chi connectivity index (χ0n) is 11.7. The molecule has 0 fully saturated rings. The van der Waals surface area contributed by atoms with E-state index >= 15 is 0 Å². The SMILES string of the molecule is O=C(/C=C/c1ccc(Cl)c([N+](=O)[O-])c1)Nc1ccc(F)c(F)c1F. The smallest absolute Gasteiger partial charge is 0.288 e. The van der Waals surface area contributed by atoms with Gasteiger partial charge in [0.15, 0.2) is 17.5 Å². The van der Waals surface area contributed by atoms with E-state index in [1.54, 1.807) is 0 Å². The van der Waals surface area contributed by atoms with Crippen molar-refractivity contribution in [3.05, 3.63) is 74.6 Å². The number of nitro benzene ring substituents is 1. The molecular weight excluding hydrogens is 349 g/mol. The van der Waals surface area contributed by atoms with Crippen molar-refractivity contribution in [2.75, 3.05) is 5.32 Å². The van der Waals surface area contributed by atoms with Crippen LogP contribution >= 0.6 is 11.6 Å². The number of nitro groups is 1. The number of carbonyl (C=O) groups excluding carboxylic acids is 1. The van der Waals surface area contributed by atoms with Crippen LogP contribution in [-0.2, 0) is 4.79 Å². The van der Waals surface area contributed by atoms with Crippen molar-refractivity contribution in [1.82, 2.24) is 0 Å². The van der Waals surface area contributed by atoms with E-state index in [1.807, 2.05) is 5.32 Å². The van der Waals surface area contributed by atoms with E-state index in [4.69, 9.17) is 11.6 Å². The monoisotopic (exact) mass is 356 g/mol. The van der Waals surface area contributed by atoms with Gasteiger partial charge in [-0.25, -0.2) is 13.2 Å². The second kappa shape index (κ2) is 7.14. The summed E-state index contributed by atoms with van der Waals surface area (Å²) in [5, 5.41) is 12.7. The van der Waals surface area contributed by atoms with E-state index in [1.165, 1.54) is 18.2 Å². The Labute approximate surface area is 138 Å². The van der Waals surface area contributed by atoms with Crippen LogP contribution in [0.2, 0.25) is 5.02 Å². The first-order valence-corrected chi connectivity index (χ1v) is 6.74. The topological polar surface area (TPSA) is 72.2 Å². The van der Waals surface area contributed by atoms with Gasteiger partial charge in [0, 0.05) is 12.1 Å². The van der Waals surface area contributed by atoms with Crippen LogP contribution in [0.3, 0.4) is 0 Å². The summed E-state index contributed by atoms with van der Waals surface area (Å²) >= 11 is 5.65. The maximum atomic E-state index is 13.4. The lowest BCUT2D eigenvalue weighted by Crippen LogP contribution is -2.10. The molecule has 2 aromatic carbocycles. The number of nitrogens with zero attached hydrogens (tertiary/aromatic N) is 1. The molecule has 0 spiro atoms. The largest absolute Gasteiger partial charge is 0.320 e. The number of hydrogen-bond acceptors (Lipinski definition) is 3. The Morgan fingerprint density at radius 3 is 2.54 bits per heavy atom. The molecule has 0 unspecified atom stereocenters. The molecule has 2 rings (SSSR count). The summed E-state index contributed by atoms with van der Waals surface area (Å²) in [4.78, 5) is 21.8. The fraction of sp³-hybridized carbons (Fsp3) is 0. The molecule has 1 N–H and O–H groups in total.